The molecular weight excluding hydrogens is 440 g/mol. The molecular formula is C26H22O8. The highest BCUT2D eigenvalue weighted by Gasteiger charge is 2.29. The van der Waals surface area contributed by atoms with Gasteiger partial charge in [0.2, 0.25) is 5.78 Å². The first-order valence-corrected chi connectivity index (χ1v) is 10.2. The number of allylic oxidation sites excluding steroid dienone is 1. The van der Waals surface area contributed by atoms with E-state index in [0.717, 1.165) is 0 Å². The number of methoxy groups -OCH3 is 4. The SMILES string of the molecule is COc1cccc(C=C2Oc3cc(OC(=O)c4c(OC)cccc4OC)ccc3C2=O)c1OC. The van der Waals surface area contributed by atoms with E-state index in [-0.39, 0.29) is 28.6 Å². The third-order valence-corrected chi connectivity index (χ3v) is 5.20. The van der Waals surface area contributed by atoms with Gasteiger partial charge in [-0.3, -0.25) is 4.79 Å². The topological polar surface area (TPSA) is 89.5 Å². The lowest BCUT2D eigenvalue weighted by Gasteiger charge is -2.12. The highest BCUT2D eigenvalue weighted by molar-refractivity contribution is 6.14. The highest BCUT2D eigenvalue weighted by Crippen LogP contribution is 2.38. The number of para-hydroxylation sites is 1. The molecule has 0 aliphatic carbocycles. The number of esters is 1. The summed E-state index contributed by atoms with van der Waals surface area (Å²) in [4.78, 5) is 25.7. The summed E-state index contributed by atoms with van der Waals surface area (Å²) in [5, 5.41) is 0. The Morgan fingerprint density at radius 1 is 0.824 bits per heavy atom. The lowest BCUT2D eigenvalue weighted by molar-refractivity contribution is 0.0727. The quantitative estimate of drug-likeness (QED) is 0.287. The van der Waals surface area contributed by atoms with E-state index >= 15 is 0 Å². The maximum atomic E-state index is 12.9. The summed E-state index contributed by atoms with van der Waals surface area (Å²) in [5.41, 5.74) is 1.12. The molecule has 1 heterocycles. The number of carbonyl (C=O) groups is 2. The van der Waals surface area contributed by atoms with Crippen molar-refractivity contribution in [1.29, 1.82) is 0 Å². The van der Waals surface area contributed by atoms with Crippen molar-refractivity contribution in [1.82, 2.24) is 0 Å². The maximum Gasteiger partial charge on any atom is 0.351 e. The Balaban J connectivity index is 1.61. The van der Waals surface area contributed by atoms with Gasteiger partial charge in [0.15, 0.2) is 17.3 Å². The molecule has 0 aromatic heterocycles. The number of Topliss-reactive ketones (excluding diaryl/α,β-unsaturated/α-hetero) is 1. The van der Waals surface area contributed by atoms with Gasteiger partial charge in [-0.25, -0.2) is 4.79 Å². The predicted octanol–water partition coefficient (Wildman–Crippen LogP) is 4.56. The molecule has 1 aliphatic heterocycles. The lowest BCUT2D eigenvalue weighted by Crippen LogP contribution is -2.12. The second kappa shape index (κ2) is 9.58. The van der Waals surface area contributed by atoms with E-state index in [0.29, 0.717) is 34.1 Å². The monoisotopic (exact) mass is 462 g/mol. The second-order valence-corrected chi connectivity index (χ2v) is 7.11. The van der Waals surface area contributed by atoms with Crippen LogP contribution >= 0.6 is 0 Å². The summed E-state index contributed by atoms with van der Waals surface area (Å²) >= 11 is 0. The van der Waals surface area contributed by atoms with Gasteiger partial charge >= 0.3 is 5.97 Å². The zero-order valence-electron chi connectivity index (χ0n) is 19.0. The lowest BCUT2D eigenvalue weighted by atomic mass is 10.1. The van der Waals surface area contributed by atoms with Crippen LogP contribution in [0.15, 0.2) is 60.4 Å². The van der Waals surface area contributed by atoms with Crippen LogP contribution in [0.3, 0.4) is 0 Å². The number of carbonyl (C=O) groups excluding carboxylic acids is 2. The first-order chi connectivity index (χ1) is 16.5. The zero-order valence-corrected chi connectivity index (χ0v) is 19.0. The van der Waals surface area contributed by atoms with E-state index in [1.807, 2.05) is 0 Å². The average Bonchev–Trinajstić information content (AvgIpc) is 3.17. The van der Waals surface area contributed by atoms with E-state index in [1.165, 1.54) is 40.6 Å². The molecule has 0 atom stereocenters. The van der Waals surface area contributed by atoms with Crippen LogP contribution in [0.2, 0.25) is 0 Å². The van der Waals surface area contributed by atoms with E-state index in [1.54, 1.807) is 48.5 Å². The van der Waals surface area contributed by atoms with Gasteiger partial charge in [-0.15, -0.1) is 0 Å². The number of fused-ring (bicyclic) bond motifs is 1. The van der Waals surface area contributed by atoms with Crippen LogP contribution < -0.4 is 28.4 Å². The van der Waals surface area contributed by atoms with Crippen molar-refractivity contribution in [3.8, 4) is 34.5 Å². The number of ether oxygens (including phenoxy) is 6. The van der Waals surface area contributed by atoms with Gasteiger partial charge in [0, 0.05) is 11.6 Å². The molecule has 0 amide bonds. The molecule has 0 N–H and O–H groups in total. The Morgan fingerprint density at radius 2 is 1.47 bits per heavy atom. The molecule has 4 rings (SSSR count). The number of hydrogen-bond acceptors (Lipinski definition) is 8. The van der Waals surface area contributed by atoms with E-state index in [9.17, 15) is 9.59 Å². The van der Waals surface area contributed by atoms with Gasteiger partial charge in [0.05, 0.1) is 34.0 Å². The van der Waals surface area contributed by atoms with Crippen molar-refractivity contribution in [3.63, 3.8) is 0 Å². The van der Waals surface area contributed by atoms with Crippen molar-refractivity contribution in [3.05, 3.63) is 77.0 Å². The Labute approximate surface area is 196 Å². The first-order valence-electron chi connectivity index (χ1n) is 10.2. The van der Waals surface area contributed by atoms with Gasteiger partial charge < -0.3 is 28.4 Å². The van der Waals surface area contributed by atoms with Crippen LogP contribution in [0, 0.1) is 0 Å². The van der Waals surface area contributed by atoms with Gasteiger partial charge in [0.1, 0.15) is 28.6 Å². The summed E-state index contributed by atoms with van der Waals surface area (Å²) < 4.78 is 32.6. The summed E-state index contributed by atoms with van der Waals surface area (Å²) in [6.45, 7) is 0. The fourth-order valence-electron chi connectivity index (χ4n) is 3.61. The fraction of sp³-hybridized carbons (Fsp3) is 0.154. The van der Waals surface area contributed by atoms with Crippen LogP contribution in [0.1, 0.15) is 26.3 Å². The van der Waals surface area contributed by atoms with Crippen molar-refractivity contribution < 1.29 is 38.0 Å². The third kappa shape index (κ3) is 4.13. The van der Waals surface area contributed by atoms with Crippen LogP contribution in [-0.2, 0) is 0 Å². The minimum absolute atomic E-state index is 0.108. The second-order valence-electron chi connectivity index (χ2n) is 7.11. The summed E-state index contributed by atoms with van der Waals surface area (Å²) in [6, 6.07) is 14.8. The van der Waals surface area contributed by atoms with Crippen molar-refractivity contribution in [2.45, 2.75) is 0 Å². The van der Waals surface area contributed by atoms with Crippen molar-refractivity contribution in [2.24, 2.45) is 0 Å². The van der Waals surface area contributed by atoms with Gasteiger partial charge in [-0.1, -0.05) is 18.2 Å². The number of ketones is 1. The van der Waals surface area contributed by atoms with Crippen LogP contribution in [0.25, 0.3) is 6.08 Å². The molecule has 0 unspecified atom stereocenters. The smallest absolute Gasteiger partial charge is 0.351 e. The maximum absolute atomic E-state index is 12.9. The normalized spacial score (nSPS) is 13.2. The Hall–Kier alpha value is -4.46. The third-order valence-electron chi connectivity index (χ3n) is 5.20. The molecule has 0 fully saturated rings. The van der Waals surface area contributed by atoms with Crippen LogP contribution in [0.5, 0.6) is 34.5 Å². The minimum Gasteiger partial charge on any atom is -0.496 e. The molecule has 1 aliphatic rings. The van der Waals surface area contributed by atoms with Crippen molar-refractivity contribution >= 4 is 17.8 Å². The highest BCUT2D eigenvalue weighted by atomic mass is 16.5. The molecule has 34 heavy (non-hydrogen) atoms. The van der Waals surface area contributed by atoms with Gasteiger partial charge in [-0.05, 0) is 36.4 Å². The standard InChI is InChI=1S/C26H22O8/c1-29-18-8-6-9-19(30-2)23(18)26(28)33-16-11-12-17-21(14-16)34-22(24(17)27)13-15-7-5-10-20(31-3)25(15)32-4/h5-14H,1-4H3. The molecule has 0 saturated heterocycles. The molecule has 0 bridgehead atoms. The number of rotatable bonds is 7. The number of benzene rings is 3. The Kier molecular flexibility index (Phi) is 6.40. The molecule has 174 valence electrons. The largest absolute Gasteiger partial charge is 0.496 e. The zero-order chi connectivity index (χ0) is 24.2. The van der Waals surface area contributed by atoms with E-state index < -0.39 is 5.97 Å². The Bertz CT molecular complexity index is 1270. The van der Waals surface area contributed by atoms with Crippen molar-refractivity contribution in [2.75, 3.05) is 28.4 Å². The molecule has 3 aromatic carbocycles. The Morgan fingerprint density at radius 3 is 2.12 bits per heavy atom. The molecule has 0 radical (unpaired) electrons. The molecule has 0 saturated carbocycles. The molecule has 3 aromatic rings. The summed E-state index contributed by atoms with van der Waals surface area (Å²) in [6.07, 6.45) is 1.58. The van der Waals surface area contributed by atoms with Gasteiger partial charge in [0.25, 0.3) is 0 Å². The van der Waals surface area contributed by atoms with E-state index in [4.69, 9.17) is 28.4 Å². The molecule has 8 nitrogen and oxygen atoms in total. The fourth-order valence-corrected chi connectivity index (χ4v) is 3.61. The minimum atomic E-state index is -0.671. The summed E-state index contributed by atoms with van der Waals surface area (Å²) in [7, 11) is 5.95. The van der Waals surface area contributed by atoms with E-state index in [2.05, 4.69) is 0 Å². The van der Waals surface area contributed by atoms with Crippen LogP contribution in [-0.4, -0.2) is 40.2 Å². The predicted molar refractivity (Wildman–Crippen MR) is 123 cm³/mol. The van der Waals surface area contributed by atoms with Crippen LogP contribution in [0.4, 0.5) is 0 Å². The van der Waals surface area contributed by atoms with Gasteiger partial charge in [-0.2, -0.15) is 0 Å². The molecule has 0 spiro atoms. The number of hydrogen-bond donors (Lipinski definition) is 0. The summed E-state index contributed by atoms with van der Waals surface area (Å²) in [5.74, 6) is 1.24. The average molecular weight is 462 g/mol. The molecule has 8 heteroatoms. The first kappa shape index (κ1) is 22.7.